The van der Waals surface area contributed by atoms with Gasteiger partial charge in [-0.1, -0.05) is 0 Å². The summed E-state index contributed by atoms with van der Waals surface area (Å²) < 4.78 is 28.7. The fourth-order valence-electron chi connectivity index (χ4n) is 2.76. The molecule has 1 unspecified atom stereocenters. The van der Waals surface area contributed by atoms with Crippen molar-refractivity contribution in [2.24, 2.45) is 11.7 Å². The molecule has 2 aliphatic heterocycles. The van der Waals surface area contributed by atoms with Gasteiger partial charge in [-0.15, -0.1) is 0 Å². The number of piperidine rings is 1. The van der Waals surface area contributed by atoms with Gasteiger partial charge in [0.2, 0.25) is 0 Å². The molecule has 0 aliphatic carbocycles. The lowest BCUT2D eigenvalue weighted by Gasteiger charge is -2.40. The summed E-state index contributed by atoms with van der Waals surface area (Å²) >= 11 is 1.85. The van der Waals surface area contributed by atoms with Crippen molar-refractivity contribution in [2.45, 2.75) is 31.4 Å². The molecular weight excluding hydrogens is 282 g/mol. The Morgan fingerprint density at radius 2 is 2.05 bits per heavy atom. The molecule has 0 aromatic rings. The maximum Gasteiger partial charge on any atom is 0.282 e. The second kappa shape index (κ2) is 5.89. The van der Waals surface area contributed by atoms with Crippen LogP contribution in [0.1, 0.15) is 26.7 Å². The van der Waals surface area contributed by atoms with Gasteiger partial charge < -0.3 is 5.73 Å². The largest absolute Gasteiger partial charge is 0.330 e. The zero-order valence-electron chi connectivity index (χ0n) is 11.8. The molecule has 0 aromatic heterocycles. The third kappa shape index (κ3) is 3.64. The first-order chi connectivity index (χ1) is 8.85. The summed E-state index contributed by atoms with van der Waals surface area (Å²) in [5, 5.41) is 0. The fraction of sp³-hybridized carbons (Fsp3) is 1.00. The van der Waals surface area contributed by atoms with Crippen molar-refractivity contribution in [3.8, 4) is 0 Å². The van der Waals surface area contributed by atoms with Crippen molar-refractivity contribution < 1.29 is 8.42 Å². The minimum absolute atomic E-state index is 0.00831. The molecule has 2 heterocycles. The second-order valence-electron chi connectivity index (χ2n) is 6.05. The standard InChI is InChI=1S/C12H25N3O2S2/c1-12(2)10-15(6-7-18-12)19(16,17)14-5-3-4-11(8-13)9-14/h11H,3-10,13H2,1-2H3. The summed E-state index contributed by atoms with van der Waals surface area (Å²) in [6.45, 7) is 7.25. The molecule has 2 aliphatic rings. The molecule has 2 rings (SSSR count). The molecule has 1 atom stereocenters. The molecule has 112 valence electrons. The Hall–Kier alpha value is 0.180. The smallest absolute Gasteiger partial charge is 0.282 e. The van der Waals surface area contributed by atoms with Crippen LogP contribution in [0.3, 0.4) is 0 Å². The van der Waals surface area contributed by atoms with Gasteiger partial charge in [0.25, 0.3) is 10.2 Å². The highest BCUT2D eigenvalue weighted by Gasteiger charge is 2.38. The van der Waals surface area contributed by atoms with Gasteiger partial charge in [-0.3, -0.25) is 0 Å². The van der Waals surface area contributed by atoms with E-state index >= 15 is 0 Å². The number of thioether (sulfide) groups is 1. The van der Waals surface area contributed by atoms with Gasteiger partial charge in [-0.05, 0) is 39.2 Å². The van der Waals surface area contributed by atoms with Gasteiger partial charge in [-0.2, -0.15) is 28.8 Å². The Kier molecular flexibility index (Phi) is 4.83. The lowest BCUT2D eigenvalue weighted by molar-refractivity contribution is 0.248. The Morgan fingerprint density at radius 1 is 1.32 bits per heavy atom. The van der Waals surface area contributed by atoms with Gasteiger partial charge in [0.1, 0.15) is 0 Å². The highest BCUT2D eigenvalue weighted by atomic mass is 32.2. The zero-order valence-corrected chi connectivity index (χ0v) is 13.5. The molecule has 0 bridgehead atoms. The van der Waals surface area contributed by atoms with Gasteiger partial charge in [0, 0.05) is 36.7 Å². The van der Waals surface area contributed by atoms with Crippen molar-refractivity contribution in [1.82, 2.24) is 8.61 Å². The lowest BCUT2D eigenvalue weighted by Crippen LogP contribution is -2.54. The third-order valence-electron chi connectivity index (χ3n) is 3.86. The molecule has 0 saturated carbocycles. The normalized spacial score (nSPS) is 30.4. The van der Waals surface area contributed by atoms with Crippen LogP contribution < -0.4 is 5.73 Å². The summed E-state index contributed by atoms with van der Waals surface area (Å²) in [6.07, 6.45) is 1.97. The molecule has 2 saturated heterocycles. The van der Waals surface area contributed by atoms with Crippen molar-refractivity contribution in [3.63, 3.8) is 0 Å². The van der Waals surface area contributed by atoms with Crippen molar-refractivity contribution in [1.29, 1.82) is 0 Å². The average molecular weight is 307 g/mol. The van der Waals surface area contributed by atoms with E-state index in [2.05, 4.69) is 13.8 Å². The topological polar surface area (TPSA) is 66.6 Å². The van der Waals surface area contributed by atoms with Crippen molar-refractivity contribution in [3.05, 3.63) is 0 Å². The molecule has 2 N–H and O–H groups in total. The highest BCUT2D eigenvalue weighted by Crippen LogP contribution is 2.32. The molecular formula is C12H25N3O2S2. The van der Waals surface area contributed by atoms with Crippen LogP contribution in [0, 0.1) is 5.92 Å². The zero-order chi connectivity index (χ0) is 14.1. The number of hydrogen-bond acceptors (Lipinski definition) is 4. The first-order valence-corrected chi connectivity index (χ1v) is 9.33. The maximum atomic E-state index is 12.7. The quantitative estimate of drug-likeness (QED) is 0.835. The summed E-state index contributed by atoms with van der Waals surface area (Å²) in [7, 11) is -3.30. The van der Waals surface area contributed by atoms with Crippen LogP contribution in [0.25, 0.3) is 0 Å². The monoisotopic (exact) mass is 307 g/mol. The molecule has 19 heavy (non-hydrogen) atoms. The minimum atomic E-state index is -3.30. The Labute approximate surface area is 121 Å². The third-order valence-corrected chi connectivity index (χ3v) is 7.10. The summed E-state index contributed by atoms with van der Waals surface area (Å²) in [5.41, 5.74) is 5.69. The number of nitrogens with zero attached hydrogens (tertiary/aromatic N) is 2. The number of hydrogen-bond donors (Lipinski definition) is 1. The van der Waals surface area contributed by atoms with Crippen LogP contribution in [0.4, 0.5) is 0 Å². The number of rotatable bonds is 3. The van der Waals surface area contributed by atoms with Gasteiger partial charge in [0.15, 0.2) is 0 Å². The van der Waals surface area contributed by atoms with Gasteiger partial charge >= 0.3 is 0 Å². The first kappa shape index (κ1) is 15.6. The summed E-state index contributed by atoms with van der Waals surface area (Å²) in [5.74, 6) is 1.19. The predicted octanol–water partition coefficient (Wildman–Crippen LogP) is 0.729. The molecule has 2 fully saturated rings. The first-order valence-electron chi connectivity index (χ1n) is 6.94. The van der Waals surface area contributed by atoms with E-state index in [1.165, 1.54) is 0 Å². The van der Waals surface area contributed by atoms with Crippen LogP contribution in [0.5, 0.6) is 0 Å². The second-order valence-corrected chi connectivity index (χ2v) is 9.78. The highest BCUT2D eigenvalue weighted by molar-refractivity contribution is 8.00. The molecule has 5 nitrogen and oxygen atoms in total. The van der Waals surface area contributed by atoms with E-state index in [-0.39, 0.29) is 4.75 Å². The molecule has 7 heteroatoms. The fourth-order valence-corrected chi connectivity index (χ4v) is 5.96. The van der Waals surface area contributed by atoms with E-state index in [4.69, 9.17) is 5.73 Å². The van der Waals surface area contributed by atoms with Crippen LogP contribution in [0.2, 0.25) is 0 Å². The number of nitrogens with two attached hydrogens (primary N) is 1. The minimum Gasteiger partial charge on any atom is -0.330 e. The van der Waals surface area contributed by atoms with Crippen LogP contribution in [0.15, 0.2) is 0 Å². The predicted molar refractivity (Wildman–Crippen MR) is 80.4 cm³/mol. The van der Waals surface area contributed by atoms with E-state index in [0.717, 1.165) is 18.6 Å². The van der Waals surface area contributed by atoms with Crippen molar-refractivity contribution >= 4 is 22.0 Å². The van der Waals surface area contributed by atoms with Crippen LogP contribution >= 0.6 is 11.8 Å². The van der Waals surface area contributed by atoms with E-state index in [1.807, 2.05) is 11.8 Å². The average Bonchev–Trinajstić information content (AvgIpc) is 2.37. The van der Waals surface area contributed by atoms with Gasteiger partial charge in [-0.25, -0.2) is 0 Å². The maximum absolute atomic E-state index is 12.7. The van der Waals surface area contributed by atoms with E-state index in [1.54, 1.807) is 8.61 Å². The van der Waals surface area contributed by atoms with E-state index in [9.17, 15) is 8.42 Å². The lowest BCUT2D eigenvalue weighted by atomic mass is 10.0. The van der Waals surface area contributed by atoms with Crippen molar-refractivity contribution in [2.75, 3.05) is 38.5 Å². The molecule has 0 spiro atoms. The molecule has 0 aromatic carbocycles. The van der Waals surface area contributed by atoms with Gasteiger partial charge in [0.05, 0.1) is 0 Å². The SMILES string of the molecule is CC1(C)CN(S(=O)(=O)N2CCCC(CN)C2)CCS1. The Morgan fingerprint density at radius 3 is 2.68 bits per heavy atom. The molecule has 0 radical (unpaired) electrons. The van der Waals surface area contributed by atoms with Crippen LogP contribution in [-0.4, -0.2) is 60.3 Å². The van der Waals surface area contributed by atoms with Crippen LogP contribution in [-0.2, 0) is 10.2 Å². The summed E-state index contributed by atoms with van der Waals surface area (Å²) in [6, 6.07) is 0. The van der Waals surface area contributed by atoms with E-state index < -0.39 is 10.2 Å². The molecule has 0 amide bonds. The Bertz CT molecular complexity index is 411. The van der Waals surface area contributed by atoms with E-state index in [0.29, 0.717) is 38.6 Å². The Balaban J connectivity index is 2.08. The summed E-state index contributed by atoms with van der Waals surface area (Å²) in [4.78, 5) is 0.